The van der Waals surface area contributed by atoms with Crippen LogP contribution in [0.25, 0.3) is 0 Å². The Morgan fingerprint density at radius 3 is 2.67 bits per heavy atom. The highest BCUT2D eigenvalue weighted by molar-refractivity contribution is 5.87. The number of hydrogen-bond donors (Lipinski definition) is 1. The van der Waals surface area contributed by atoms with Crippen molar-refractivity contribution in [3.63, 3.8) is 0 Å². The Labute approximate surface area is 69.0 Å². The van der Waals surface area contributed by atoms with Gasteiger partial charge in [0.15, 0.2) is 0 Å². The highest BCUT2D eigenvalue weighted by Gasteiger charge is 2.44. The second kappa shape index (κ2) is 2.06. The van der Waals surface area contributed by atoms with Gasteiger partial charge in [-0.25, -0.2) is 0 Å². The van der Waals surface area contributed by atoms with Crippen molar-refractivity contribution in [2.24, 2.45) is 5.73 Å². The maximum atomic E-state index is 10.6. The summed E-state index contributed by atoms with van der Waals surface area (Å²) >= 11 is 0. The SMILES string of the molecule is CC1(c2nnc(C(N)=O)o2)CC1. The monoisotopic (exact) mass is 167 g/mol. The van der Waals surface area contributed by atoms with Crippen LogP contribution in [0.5, 0.6) is 0 Å². The zero-order valence-corrected chi connectivity index (χ0v) is 6.70. The fraction of sp³-hybridized carbons (Fsp3) is 0.571. The maximum Gasteiger partial charge on any atom is 0.306 e. The Morgan fingerprint density at radius 2 is 2.25 bits per heavy atom. The molecule has 0 atom stereocenters. The molecule has 64 valence electrons. The molecule has 1 aliphatic carbocycles. The quantitative estimate of drug-likeness (QED) is 0.683. The van der Waals surface area contributed by atoms with Crippen molar-refractivity contribution in [3.8, 4) is 0 Å². The predicted molar refractivity (Wildman–Crippen MR) is 39.4 cm³/mol. The largest absolute Gasteiger partial charge is 0.416 e. The summed E-state index contributed by atoms with van der Waals surface area (Å²) in [6.45, 7) is 2.02. The number of aromatic nitrogens is 2. The number of nitrogens with zero attached hydrogens (tertiary/aromatic N) is 2. The van der Waals surface area contributed by atoms with Gasteiger partial charge in [0, 0.05) is 5.41 Å². The fourth-order valence-electron chi connectivity index (χ4n) is 0.968. The molecule has 1 saturated carbocycles. The predicted octanol–water partition coefficient (Wildman–Crippen LogP) is 0.220. The molecule has 1 heterocycles. The summed E-state index contributed by atoms with van der Waals surface area (Å²) in [5, 5.41) is 7.28. The van der Waals surface area contributed by atoms with E-state index < -0.39 is 5.91 Å². The van der Waals surface area contributed by atoms with Crippen LogP contribution in [0.1, 0.15) is 36.3 Å². The number of rotatable bonds is 2. The summed E-state index contributed by atoms with van der Waals surface area (Å²) in [6.07, 6.45) is 2.07. The summed E-state index contributed by atoms with van der Waals surface area (Å²) in [5.74, 6) is -0.243. The molecule has 0 aromatic carbocycles. The van der Waals surface area contributed by atoms with Gasteiger partial charge in [0.1, 0.15) is 0 Å². The van der Waals surface area contributed by atoms with E-state index in [2.05, 4.69) is 10.2 Å². The first-order valence-electron chi connectivity index (χ1n) is 3.76. The Hall–Kier alpha value is -1.39. The molecule has 2 N–H and O–H groups in total. The number of primary amides is 1. The fourth-order valence-corrected chi connectivity index (χ4v) is 0.968. The van der Waals surface area contributed by atoms with Crippen molar-refractivity contribution in [2.75, 3.05) is 0 Å². The van der Waals surface area contributed by atoms with Gasteiger partial charge < -0.3 is 10.2 Å². The molecule has 0 unspecified atom stereocenters. The topological polar surface area (TPSA) is 82.0 Å². The van der Waals surface area contributed by atoms with Gasteiger partial charge in [-0.05, 0) is 12.8 Å². The summed E-state index contributed by atoms with van der Waals surface area (Å²) in [6, 6.07) is 0. The Kier molecular flexibility index (Phi) is 1.25. The van der Waals surface area contributed by atoms with E-state index >= 15 is 0 Å². The molecular weight excluding hydrogens is 158 g/mol. The smallest absolute Gasteiger partial charge is 0.306 e. The van der Waals surface area contributed by atoms with Gasteiger partial charge in [-0.15, -0.1) is 10.2 Å². The molecule has 1 aromatic heterocycles. The molecule has 0 radical (unpaired) electrons. The molecule has 0 spiro atoms. The second-order valence-corrected chi connectivity index (χ2v) is 3.34. The number of hydrogen-bond acceptors (Lipinski definition) is 4. The van der Waals surface area contributed by atoms with Crippen LogP contribution in [0.15, 0.2) is 4.42 Å². The third-order valence-electron chi connectivity index (χ3n) is 2.15. The molecule has 1 aromatic rings. The van der Waals surface area contributed by atoms with Crippen LogP contribution in [0.3, 0.4) is 0 Å². The molecule has 5 heteroatoms. The highest BCUT2D eigenvalue weighted by Crippen LogP contribution is 2.46. The summed E-state index contributed by atoms with van der Waals surface area (Å²) in [4.78, 5) is 10.6. The minimum absolute atomic E-state index is 0.000694. The number of carbonyl (C=O) groups is 1. The molecule has 2 rings (SSSR count). The minimum atomic E-state index is -0.669. The van der Waals surface area contributed by atoms with Gasteiger partial charge in [-0.1, -0.05) is 6.92 Å². The number of nitrogens with two attached hydrogens (primary N) is 1. The van der Waals surface area contributed by atoms with Crippen molar-refractivity contribution < 1.29 is 9.21 Å². The summed E-state index contributed by atoms with van der Waals surface area (Å²) in [7, 11) is 0. The lowest BCUT2D eigenvalue weighted by Gasteiger charge is -1.97. The standard InChI is InChI=1S/C7H9N3O2/c1-7(2-3-7)6-10-9-5(12-6)4(8)11/h2-3H2,1H3,(H2,8,11). The van der Waals surface area contributed by atoms with Gasteiger partial charge in [0.25, 0.3) is 0 Å². The zero-order valence-electron chi connectivity index (χ0n) is 6.70. The lowest BCUT2D eigenvalue weighted by Crippen LogP contribution is -2.11. The van der Waals surface area contributed by atoms with Gasteiger partial charge >= 0.3 is 11.8 Å². The van der Waals surface area contributed by atoms with Crippen LogP contribution in [-0.2, 0) is 5.41 Å². The van der Waals surface area contributed by atoms with Crippen molar-refractivity contribution in [2.45, 2.75) is 25.2 Å². The van der Waals surface area contributed by atoms with E-state index in [1.807, 2.05) is 6.92 Å². The summed E-state index contributed by atoms with van der Waals surface area (Å²) < 4.78 is 5.08. The molecular formula is C7H9N3O2. The Balaban J connectivity index is 2.30. The normalized spacial score (nSPS) is 19.1. The maximum absolute atomic E-state index is 10.6. The van der Waals surface area contributed by atoms with E-state index in [1.54, 1.807) is 0 Å². The molecule has 1 aliphatic rings. The third kappa shape index (κ3) is 0.975. The average Bonchev–Trinajstić information content (AvgIpc) is 2.61. The molecule has 12 heavy (non-hydrogen) atoms. The van der Waals surface area contributed by atoms with Crippen molar-refractivity contribution in [1.29, 1.82) is 0 Å². The minimum Gasteiger partial charge on any atom is -0.416 e. The van der Waals surface area contributed by atoms with Gasteiger partial charge in [-0.2, -0.15) is 0 Å². The van der Waals surface area contributed by atoms with Crippen LogP contribution in [0.4, 0.5) is 0 Å². The average molecular weight is 167 g/mol. The first-order valence-corrected chi connectivity index (χ1v) is 3.76. The van der Waals surface area contributed by atoms with E-state index in [4.69, 9.17) is 10.2 Å². The van der Waals surface area contributed by atoms with Gasteiger partial charge in [0.05, 0.1) is 0 Å². The van der Waals surface area contributed by atoms with Gasteiger partial charge in [0.2, 0.25) is 5.89 Å². The molecule has 0 aliphatic heterocycles. The van der Waals surface area contributed by atoms with Crippen molar-refractivity contribution in [3.05, 3.63) is 11.8 Å². The lowest BCUT2D eigenvalue weighted by molar-refractivity contribution is 0.0965. The van der Waals surface area contributed by atoms with E-state index in [0.29, 0.717) is 5.89 Å². The number of amides is 1. The zero-order chi connectivity index (χ0) is 8.77. The third-order valence-corrected chi connectivity index (χ3v) is 2.15. The molecule has 5 nitrogen and oxygen atoms in total. The highest BCUT2D eigenvalue weighted by atomic mass is 16.4. The van der Waals surface area contributed by atoms with Crippen LogP contribution in [0, 0.1) is 0 Å². The molecule has 1 fully saturated rings. The Morgan fingerprint density at radius 1 is 1.58 bits per heavy atom. The Bertz CT molecular complexity index is 327. The first-order chi connectivity index (χ1) is 5.62. The summed E-state index contributed by atoms with van der Waals surface area (Å²) in [5.41, 5.74) is 4.96. The molecule has 1 amide bonds. The van der Waals surface area contributed by atoms with E-state index in [0.717, 1.165) is 12.8 Å². The van der Waals surface area contributed by atoms with E-state index in [9.17, 15) is 4.79 Å². The van der Waals surface area contributed by atoms with Crippen LogP contribution in [0.2, 0.25) is 0 Å². The van der Waals surface area contributed by atoms with E-state index in [-0.39, 0.29) is 11.3 Å². The van der Waals surface area contributed by atoms with Crippen LogP contribution >= 0.6 is 0 Å². The van der Waals surface area contributed by atoms with Crippen LogP contribution < -0.4 is 5.73 Å². The van der Waals surface area contributed by atoms with E-state index in [1.165, 1.54) is 0 Å². The van der Waals surface area contributed by atoms with Crippen molar-refractivity contribution >= 4 is 5.91 Å². The van der Waals surface area contributed by atoms with Crippen molar-refractivity contribution in [1.82, 2.24) is 10.2 Å². The lowest BCUT2D eigenvalue weighted by atomic mass is 10.1. The van der Waals surface area contributed by atoms with Gasteiger partial charge in [-0.3, -0.25) is 4.79 Å². The molecule has 0 bridgehead atoms. The van der Waals surface area contributed by atoms with Crippen LogP contribution in [-0.4, -0.2) is 16.1 Å². The number of carbonyl (C=O) groups excluding carboxylic acids is 1. The first kappa shape index (κ1) is 7.27. The molecule has 0 saturated heterocycles. The second-order valence-electron chi connectivity index (χ2n) is 3.34.